The molecular formula is C18H21NO3S. The lowest BCUT2D eigenvalue weighted by molar-refractivity contribution is -0.122. The Labute approximate surface area is 138 Å². The molecule has 1 unspecified atom stereocenters. The number of carbonyl (C=O) groups is 2. The van der Waals surface area contributed by atoms with Gasteiger partial charge in [0.15, 0.2) is 5.78 Å². The summed E-state index contributed by atoms with van der Waals surface area (Å²) < 4.78 is 13.4. The van der Waals surface area contributed by atoms with E-state index >= 15 is 0 Å². The second kappa shape index (κ2) is 5.80. The van der Waals surface area contributed by atoms with Gasteiger partial charge in [-0.3, -0.25) is 19.1 Å². The number of fused-ring (bicyclic) bond motifs is 1. The largest absolute Gasteiger partial charge is 0.300 e. The standard InChI is InChI=1S/C18H21NO3S/c1-11-4-6-15(7-5-11)23(22)18-12(2)8-14(21)9-17(18)16(10-19-18)13(3)20/h4-8,16-17,19H,9-10H2,1-3H3/t16-,17-,18+,23?/m0/s1. The summed E-state index contributed by atoms with van der Waals surface area (Å²) in [5.41, 5.74) is 1.87. The maximum atomic E-state index is 13.4. The third kappa shape index (κ3) is 2.52. The van der Waals surface area contributed by atoms with E-state index < -0.39 is 15.7 Å². The highest BCUT2D eigenvalue weighted by atomic mass is 32.2. The first-order valence-electron chi connectivity index (χ1n) is 7.82. The number of nitrogens with one attached hydrogen (secondary N) is 1. The summed E-state index contributed by atoms with van der Waals surface area (Å²) in [6.45, 7) is 5.84. The van der Waals surface area contributed by atoms with Crippen molar-refractivity contribution in [3.63, 3.8) is 0 Å². The van der Waals surface area contributed by atoms with Crippen LogP contribution in [0, 0.1) is 18.8 Å². The quantitative estimate of drug-likeness (QED) is 0.922. The minimum Gasteiger partial charge on any atom is -0.300 e. The molecular weight excluding hydrogens is 310 g/mol. The summed E-state index contributed by atoms with van der Waals surface area (Å²) in [6.07, 6.45) is 1.85. The van der Waals surface area contributed by atoms with Gasteiger partial charge in [0.2, 0.25) is 0 Å². The Hall–Kier alpha value is -1.59. The van der Waals surface area contributed by atoms with Crippen molar-refractivity contribution in [1.29, 1.82) is 0 Å². The van der Waals surface area contributed by atoms with Crippen LogP contribution >= 0.6 is 0 Å². The van der Waals surface area contributed by atoms with Gasteiger partial charge < -0.3 is 0 Å². The number of Topliss-reactive ketones (excluding diaryl/α,β-unsaturated/α-hetero) is 1. The highest BCUT2D eigenvalue weighted by molar-refractivity contribution is 7.86. The molecule has 1 aliphatic heterocycles. The lowest BCUT2D eigenvalue weighted by Crippen LogP contribution is -2.53. The Bertz CT molecular complexity index is 722. The molecule has 3 rings (SSSR count). The first kappa shape index (κ1) is 16.3. The van der Waals surface area contributed by atoms with Crippen LogP contribution in [-0.4, -0.2) is 27.2 Å². The van der Waals surface area contributed by atoms with E-state index in [0.29, 0.717) is 6.54 Å². The van der Waals surface area contributed by atoms with E-state index in [1.165, 1.54) is 0 Å². The average molecular weight is 331 g/mol. The molecule has 5 heteroatoms. The van der Waals surface area contributed by atoms with Crippen molar-refractivity contribution in [2.45, 2.75) is 37.0 Å². The Morgan fingerprint density at radius 2 is 1.91 bits per heavy atom. The van der Waals surface area contributed by atoms with Crippen molar-refractivity contribution in [2.24, 2.45) is 11.8 Å². The molecule has 0 aromatic heterocycles. The molecule has 122 valence electrons. The van der Waals surface area contributed by atoms with E-state index in [9.17, 15) is 13.8 Å². The predicted molar refractivity (Wildman–Crippen MR) is 89.4 cm³/mol. The van der Waals surface area contributed by atoms with E-state index in [0.717, 1.165) is 16.0 Å². The van der Waals surface area contributed by atoms with Gasteiger partial charge in [0.05, 0.1) is 10.8 Å². The summed E-state index contributed by atoms with van der Waals surface area (Å²) in [4.78, 5) is 23.9. The van der Waals surface area contributed by atoms with Gasteiger partial charge in [0, 0.05) is 29.7 Å². The van der Waals surface area contributed by atoms with Crippen LogP contribution in [0.4, 0.5) is 0 Å². The normalized spacial score (nSPS) is 31.4. The molecule has 4 atom stereocenters. The Balaban J connectivity index is 2.10. The van der Waals surface area contributed by atoms with Gasteiger partial charge in [0.25, 0.3) is 0 Å². The summed E-state index contributed by atoms with van der Waals surface area (Å²) >= 11 is 0. The van der Waals surface area contributed by atoms with Crippen molar-refractivity contribution in [3.05, 3.63) is 41.5 Å². The molecule has 1 aromatic carbocycles. The van der Waals surface area contributed by atoms with Crippen molar-refractivity contribution in [2.75, 3.05) is 6.54 Å². The van der Waals surface area contributed by atoms with E-state index in [4.69, 9.17) is 0 Å². The van der Waals surface area contributed by atoms with Gasteiger partial charge in [-0.05, 0) is 44.6 Å². The number of hydrogen-bond acceptors (Lipinski definition) is 4. The second-order valence-electron chi connectivity index (χ2n) is 6.52. The summed E-state index contributed by atoms with van der Waals surface area (Å²) in [5, 5.41) is 3.35. The summed E-state index contributed by atoms with van der Waals surface area (Å²) in [6, 6.07) is 7.60. The average Bonchev–Trinajstić information content (AvgIpc) is 2.88. The molecule has 0 saturated carbocycles. The van der Waals surface area contributed by atoms with Crippen LogP contribution in [0.15, 0.2) is 40.8 Å². The first-order chi connectivity index (χ1) is 10.9. The number of rotatable bonds is 3. The monoisotopic (exact) mass is 331 g/mol. The number of ketones is 2. The van der Waals surface area contributed by atoms with Gasteiger partial charge >= 0.3 is 0 Å². The maximum Gasteiger partial charge on any atom is 0.156 e. The molecule has 1 N–H and O–H groups in total. The van der Waals surface area contributed by atoms with Crippen LogP contribution in [0.3, 0.4) is 0 Å². The summed E-state index contributed by atoms with van der Waals surface area (Å²) in [7, 11) is -1.37. The molecule has 1 heterocycles. The molecule has 0 spiro atoms. The molecule has 1 aliphatic carbocycles. The van der Waals surface area contributed by atoms with E-state index in [1.807, 2.05) is 38.1 Å². The fourth-order valence-electron chi connectivity index (χ4n) is 3.78. The molecule has 4 nitrogen and oxygen atoms in total. The number of aryl methyl sites for hydroxylation is 1. The van der Waals surface area contributed by atoms with Gasteiger partial charge in [-0.15, -0.1) is 0 Å². The van der Waals surface area contributed by atoms with Crippen LogP contribution < -0.4 is 5.32 Å². The molecule has 23 heavy (non-hydrogen) atoms. The van der Waals surface area contributed by atoms with Crippen LogP contribution in [0.25, 0.3) is 0 Å². The second-order valence-corrected chi connectivity index (χ2v) is 8.17. The number of benzene rings is 1. The Kier molecular flexibility index (Phi) is 4.10. The van der Waals surface area contributed by atoms with Gasteiger partial charge in [-0.1, -0.05) is 17.7 Å². The zero-order valence-corrected chi connectivity index (χ0v) is 14.4. The van der Waals surface area contributed by atoms with Crippen LogP contribution in [0.5, 0.6) is 0 Å². The van der Waals surface area contributed by atoms with Crippen molar-refractivity contribution in [3.8, 4) is 0 Å². The Morgan fingerprint density at radius 1 is 1.26 bits per heavy atom. The fraction of sp³-hybridized carbons (Fsp3) is 0.444. The lowest BCUT2D eigenvalue weighted by Gasteiger charge is -2.39. The minimum atomic E-state index is -1.37. The van der Waals surface area contributed by atoms with Crippen LogP contribution in [0.2, 0.25) is 0 Å². The number of hydrogen-bond donors (Lipinski definition) is 1. The third-order valence-corrected chi connectivity index (χ3v) is 7.08. The first-order valence-corrected chi connectivity index (χ1v) is 8.97. The topological polar surface area (TPSA) is 63.2 Å². The molecule has 0 radical (unpaired) electrons. The molecule has 2 aliphatic rings. The molecule has 1 aromatic rings. The third-order valence-electron chi connectivity index (χ3n) is 5.03. The SMILES string of the molecule is CC(=O)[C@@H]1CN[C@@]2(S(=O)c3ccc(C)cc3)C(C)=CC(=O)C[C@@H]12. The zero-order valence-electron chi connectivity index (χ0n) is 13.6. The highest BCUT2D eigenvalue weighted by Crippen LogP contribution is 2.46. The van der Waals surface area contributed by atoms with Gasteiger partial charge in [-0.25, -0.2) is 0 Å². The molecule has 0 amide bonds. The van der Waals surface area contributed by atoms with E-state index in [-0.39, 0.29) is 29.8 Å². The minimum absolute atomic E-state index is 0.0129. The van der Waals surface area contributed by atoms with Crippen molar-refractivity contribution in [1.82, 2.24) is 5.32 Å². The highest BCUT2D eigenvalue weighted by Gasteiger charge is 2.57. The number of carbonyl (C=O) groups excluding carboxylic acids is 2. The molecule has 0 bridgehead atoms. The van der Waals surface area contributed by atoms with E-state index in [2.05, 4.69) is 5.32 Å². The predicted octanol–water partition coefficient (Wildman–Crippen LogP) is 2.14. The van der Waals surface area contributed by atoms with Crippen LogP contribution in [0.1, 0.15) is 25.8 Å². The van der Waals surface area contributed by atoms with Crippen molar-refractivity contribution < 1.29 is 13.8 Å². The molecule has 1 saturated heterocycles. The zero-order chi connectivity index (χ0) is 16.8. The van der Waals surface area contributed by atoms with Gasteiger partial charge in [-0.2, -0.15) is 0 Å². The fourth-order valence-corrected chi connectivity index (χ4v) is 5.63. The number of allylic oxidation sites excluding steroid dienone is 1. The van der Waals surface area contributed by atoms with E-state index in [1.54, 1.807) is 13.0 Å². The van der Waals surface area contributed by atoms with Crippen molar-refractivity contribution >= 4 is 22.4 Å². The smallest absolute Gasteiger partial charge is 0.156 e. The maximum absolute atomic E-state index is 13.4. The summed E-state index contributed by atoms with van der Waals surface area (Å²) in [5.74, 6) is -0.455. The Morgan fingerprint density at radius 3 is 2.52 bits per heavy atom. The van der Waals surface area contributed by atoms with Crippen LogP contribution in [-0.2, 0) is 20.4 Å². The van der Waals surface area contributed by atoms with Gasteiger partial charge in [0.1, 0.15) is 10.7 Å². The lowest BCUT2D eigenvalue weighted by atomic mass is 9.77. The molecule has 1 fully saturated rings.